The molecule has 0 atom stereocenters. The van der Waals surface area contributed by atoms with E-state index >= 15 is 0 Å². The highest BCUT2D eigenvalue weighted by Gasteiger charge is 2.36. The van der Waals surface area contributed by atoms with Gasteiger partial charge in [-0.2, -0.15) is 0 Å². The lowest BCUT2D eigenvalue weighted by atomic mass is 9.74. The van der Waals surface area contributed by atoms with Crippen LogP contribution in [0.25, 0.3) is 0 Å². The van der Waals surface area contributed by atoms with Crippen molar-refractivity contribution < 1.29 is 4.74 Å². The normalized spacial score (nSPS) is 22.0. The summed E-state index contributed by atoms with van der Waals surface area (Å²) < 4.78 is 5.29. The molecule has 12 heavy (non-hydrogen) atoms. The minimum absolute atomic E-state index is 0.484. The summed E-state index contributed by atoms with van der Waals surface area (Å²) in [4.78, 5) is 0. The molecule has 0 aromatic carbocycles. The maximum absolute atomic E-state index is 5.29. The van der Waals surface area contributed by atoms with Gasteiger partial charge in [0.1, 0.15) is 0 Å². The molecule has 1 saturated heterocycles. The van der Waals surface area contributed by atoms with Crippen LogP contribution in [0.3, 0.4) is 0 Å². The standard InChI is InChI=1S/C11H22O/c1-5-11(8-12-9-11)7-6-10(2,3)4/h5-9H2,1-4H3. The second-order valence-corrected chi connectivity index (χ2v) is 5.41. The quantitative estimate of drug-likeness (QED) is 0.632. The Morgan fingerprint density at radius 1 is 1.25 bits per heavy atom. The molecule has 0 amide bonds. The lowest BCUT2D eigenvalue weighted by molar-refractivity contribution is -0.123. The van der Waals surface area contributed by atoms with Crippen molar-refractivity contribution in [1.82, 2.24) is 0 Å². The molecule has 1 aliphatic heterocycles. The number of hydrogen-bond donors (Lipinski definition) is 0. The number of rotatable bonds is 3. The molecule has 0 unspecified atom stereocenters. The Balaban J connectivity index is 2.30. The first-order valence-electron chi connectivity index (χ1n) is 5.05. The molecular formula is C11H22O. The van der Waals surface area contributed by atoms with Crippen LogP contribution in [-0.4, -0.2) is 13.2 Å². The molecule has 1 aliphatic rings. The third kappa shape index (κ3) is 2.48. The Bertz CT molecular complexity index is 134. The van der Waals surface area contributed by atoms with Gasteiger partial charge in [-0.1, -0.05) is 27.7 Å². The zero-order chi connectivity index (χ0) is 9.24. The van der Waals surface area contributed by atoms with E-state index in [1.807, 2.05) is 0 Å². The van der Waals surface area contributed by atoms with Crippen LogP contribution >= 0.6 is 0 Å². The summed E-state index contributed by atoms with van der Waals surface area (Å²) in [7, 11) is 0. The van der Waals surface area contributed by atoms with Crippen LogP contribution in [0.4, 0.5) is 0 Å². The van der Waals surface area contributed by atoms with Gasteiger partial charge in [-0.15, -0.1) is 0 Å². The van der Waals surface area contributed by atoms with Gasteiger partial charge in [0.25, 0.3) is 0 Å². The van der Waals surface area contributed by atoms with Crippen molar-refractivity contribution in [2.45, 2.75) is 47.0 Å². The summed E-state index contributed by atoms with van der Waals surface area (Å²) in [5.74, 6) is 0. The third-order valence-electron chi connectivity index (χ3n) is 2.97. The van der Waals surface area contributed by atoms with Gasteiger partial charge >= 0.3 is 0 Å². The molecule has 0 spiro atoms. The van der Waals surface area contributed by atoms with E-state index in [0.717, 1.165) is 13.2 Å². The molecule has 1 fully saturated rings. The minimum Gasteiger partial charge on any atom is -0.380 e. The van der Waals surface area contributed by atoms with Crippen LogP contribution in [-0.2, 0) is 4.74 Å². The van der Waals surface area contributed by atoms with Gasteiger partial charge in [-0.3, -0.25) is 0 Å². The molecule has 0 bridgehead atoms. The predicted molar refractivity (Wildman–Crippen MR) is 52.2 cm³/mol. The van der Waals surface area contributed by atoms with E-state index in [4.69, 9.17) is 4.74 Å². The van der Waals surface area contributed by atoms with Gasteiger partial charge < -0.3 is 4.74 Å². The Kier molecular flexibility index (Phi) is 2.82. The van der Waals surface area contributed by atoms with E-state index in [-0.39, 0.29) is 0 Å². The molecule has 1 heteroatoms. The molecule has 0 radical (unpaired) electrons. The van der Waals surface area contributed by atoms with Crippen molar-refractivity contribution in [2.24, 2.45) is 10.8 Å². The van der Waals surface area contributed by atoms with Gasteiger partial charge in [0.2, 0.25) is 0 Å². The lowest BCUT2D eigenvalue weighted by Gasteiger charge is -2.42. The van der Waals surface area contributed by atoms with Crippen molar-refractivity contribution in [3.8, 4) is 0 Å². The molecule has 0 N–H and O–H groups in total. The van der Waals surface area contributed by atoms with E-state index in [1.165, 1.54) is 19.3 Å². The van der Waals surface area contributed by atoms with Crippen molar-refractivity contribution in [1.29, 1.82) is 0 Å². The van der Waals surface area contributed by atoms with Gasteiger partial charge in [0.15, 0.2) is 0 Å². The fourth-order valence-corrected chi connectivity index (χ4v) is 1.56. The predicted octanol–water partition coefficient (Wildman–Crippen LogP) is 3.24. The highest BCUT2D eigenvalue weighted by atomic mass is 16.5. The van der Waals surface area contributed by atoms with Crippen molar-refractivity contribution >= 4 is 0 Å². The third-order valence-corrected chi connectivity index (χ3v) is 2.97. The number of ether oxygens (including phenoxy) is 1. The Morgan fingerprint density at radius 2 is 1.83 bits per heavy atom. The zero-order valence-electron chi connectivity index (χ0n) is 8.94. The van der Waals surface area contributed by atoms with Crippen LogP contribution in [0, 0.1) is 10.8 Å². The van der Waals surface area contributed by atoms with Crippen molar-refractivity contribution in [3.05, 3.63) is 0 Å². The van der Waals surface area contributed by atoms with Gasteiger partial charge in [-0.05, 0) is 24.7 Å². The van der Waals surface area contributed by atoms with E-state index in [2.05, 4.69) is 27.7 Å². The molecule has 0 aromatic rings. The van der Waals surface area contributed by atoms with Crippen LogP contribution in [0.5, 0.6) is 0 Å². The molecule has 0 aliphatic carbocycles. The first-order chi connectivity index (χ1) is 5.47. The monoisotopic (exact) mass is 170 g/mol. The average molecular weight is 170 g/mol. The fraction of sp³-hybridized carbons (Fsp3) is 1.00. The molecular weight excluding hydrogens is 148 g/mol. The Morgan fingerprint density at radius 3 is 2.08 bits per heavy atom. The minimum atomic E-state index is 0.484. The summed E-state index contributed by atoms with van der Waals surface area (Å²) in [5.41, 5.74) is 1.03. The summed E-state index contributed by atoms with van der Waals surface area (Å²) in [6.45, 7) is 11.2. The summed E-state index contributed by atoms with van der Waals surface area (Å²) in [5, 5.41) is 0. The molecule has 1 heterocycles. The summed E-state index contributed by atoms with van der Waals surface area (Å²) >= 11 is 0. The van der Waals surface area contributed by atoms with Crippen LogP contribution in [0.2, 0.25) is 0 Å². The van der Waals surface area contributed by atoms with Crippen molar-refractivity contribution in [3.63, 3.8) is 0 Å². The van der Waals surface area contributed by atoms with Crippen molar-refractivity contribution in [2.75, 3.05) is 13.2 Å². The Hall–Kier alpha value is -0.0400. The van der Waals surface area contributed by atoms with E-state index in [9.17, 15) is 0 Å². The van der Waals surface area contributed by atoms with Gasteiger partial charge in [0.05, 0.1) is 13.2 Å². The van der Waals surface area contributed by atoms with Gasteiger partial charge in [0, 0.05) is 5.41 Å². The lowest BCUT2D eigenvalue weighted by Crippen LogP contribution is -2.42. The first kappa shape index (κ1) is 10.0. The first-order valence-corrected chi connectivity index (χ1v) is 5.05. The van der Waals surface area contributed by atoms with Crippen LogP contribution < -0.4 is 0 Å². The molecule has 72 valence electrons. The second-order valence-electron chi connectivity index (χ2n) is 5.41. The smallest absolute Gasteiger partial charge is 0.0544 e. The molecule has 0 aromatic heterocycles. The van der Waals surface area contributed by atoms with Crippen LogP contribution in [0.1, 0.15) is 47.0 Å². The number of hydrogen-bond acceptors (Lipinski definition) is 1. The summed E-state index contributed by atoms with van der Waals surface area (Å²) in [6, 6.07) is 0. The van der Waals surface area contributed by atoms with Gasteiger partial charge in [-0.25, -0.2) is 0 Å². The van der Waals surface area contributed by atoms with E-state index in [1.54, 1.807) is 0 Å². The van der Waals surface area contributed by atoms with Crippen LogP contribution in [0.15, 0.2) is 0 Å². The SMILES string of the molecule is CCC1(CCC(C)(C)C)COC1. The average Bonchev–Trinajstić information content (AvgIpc) is 1.84. The zero-order valence-corrected chi connectivity index (χ0v) is 8.94. The fourth-order valence-electron chi connectivity index (χ4n) is 1.56. The highest BCUT2D eigenvalue weighted by Crippen LogP contribution is 2.39. The molecule has 1 rings (SSSR count). The largest absolute Gasteiger partial charge is 0.380 e. The Labute approximate surface area is 76.5 Å². The summed E-state index contributed by atoms with van der Waals surface area (Å²) in [6.07, 6.45) is 3.94. The highest BCUT2D eigenvalue weighted by molar-refractivity contribution is 4.85. The maximum atomic E-state index is 5.29. The topological polar surface area (TPSA) is 9.23 Å². The van der Waals surface area contributed by atoms with E-state index in [0.29, 0.717) is 10.8 Å². The molecule has 1 nitrogen and oxygen atoms in total. The second kappa shape index (κ2) is 3.37. The molecule has 0 saturated carbocycles. The maximum Gasteiger partial charge on any atom is 0.0544 e. The van der Waals surface area contributed by atoms with E-state index < -0.39 is 0 Å².